The molecule has 1 aliphatic heterocycles. The number of aryl methyl sites for hydroxylation is 1. The Balaban J connectivity index is 1.52. The van der Waals surface area contributed by atoms with E-state index >= 15 is 0 Å². The number of rotatable bonds is 8. The van der Waals surface area contributed by atoms with Crippen molar-refractivity contribution in [1.82, 2.24) is 13.8 Å². The highest BCUT2D eigenvalue weighted by Crippen LogP contribution is 2.33. The number of primary amides is 1. The zero-order valence-electron chi connectivity index (χ0n) is 21.5. The van der Waals surface area contributed by atoms with Gasteiger partial charge in [-0.2, -0.15) is 17.5 Å². The minimum absolute atomic E-state index is 0.0521. The fourth-order valence-electron chi connectivity index (χ4n) is 4.71. The predicted molar refractivity (Wildman–Crippen MR) is 139 cm³/mol. The molecular formula is C27H29F3N4O4S. The lowest BCUT2D eigenvalue weighted by Gasteiger charge is -2.33. The highest BCUT2D eigenvalue weighted by molar-refractivity contribution is 7.89. The normalized spacial score (nSPS) is 15.4. The van der Waals surface area contributed by atoms with Crippen LogP contribution in [0.1, 0.15) is 43.2 Å². The van der Waals surface area contributed by atoms with Gasteiger partial charge in [0.05, 0.1) is 28.3 Å². The standard InChI is InChI=1S/C27H29F3N4O4S/c1-18-7-9-21(10-8-18)39(37,38)33-13-11-32(12-14-33)17-25(35)24-15-22(26(31)36)19(2)34(24)16-20-5-3-4-6-23(20)27(28,29)30/h3-10,15H,11-14,16-17H2,1-2H3,(H2,31,36). The number of nitrogens with zero attached hydrogens (tertiary/aromatic N) is 3. The van der Waals surface area contributed by atoms with Crippen LogP contribution in [0.2, 0.25) is 0 Å². The SMILES string of the molecule is Cc1ccc(S(=O)(=O)N2CCN(CC(=O)c3cc(C(N)=O)c(C)n3Cc3ccccc3C(F)(F)F)CC2)cc1. The number of carbonyl (C=O) groups is 2. The number of alkyl halides is 3. The van der Waals surface area contributed by atoms with Crippen molar-refractivity contribution >= 4 is 21.7 Å². The number of carbonyl (C=O) groups excluding carboxylic acids is 2. The van der Waals surface area contributed by atoms with Crippen LogP contribution in [0.25, 0.3) is 0 Å². The van der Waals surface area contributed by atoms with Gasteiger partial charge in [-0.15, -0.1) is 0 Å². The number of hydrogen-bond donors (Lipinski definition) is 1. The third kappa shape index (κ3) is 6.07. The molecule has 2 aromatic carbocycles. The lowest BCUT2D eigenvalue weighted by Crippen LogP contribution is -2.49. The van der Waals surface area contributed by atoms with Gasteiger partial charge in [0.15, 0.2) is 5.78 Å². The summed E-state index contributed by atoms with van der Waals surface area (Å²) >= 11 is 0. The van der Waals surface area contributed by atoms with Crippen molar-refractivity contribution in [3.8, 4) is 0 Å². The molecule has 2 heterocycles. The second kappa shape index (κ2) is 10.9. The first-order valence-electron chi connectivity index (χ1n) is 12.3. The number of halogens is 3. The van der Waals surface area contributed by atoms with Gasteiger partial charge in [0.1, 0.15) is 0 Å². The third-order valence-electron chi connectivity index (χ3n) is 6.93. The summed E-state index contributed by atoms with van der Waals surface area (Å²) < 4.78 is 69.5. The molecule has 8 nitrogen and oxygen atoms in total. The summed E-state index contributed by atoms with van der Waals surface area (Å²) in [6, 6.07) is 12.9. The van der Waals surface area contributed by atoms with Gasteiger partial charge in [-0.25, -0.2) is 8.42 Å². The Hall–Kier alpha value is -3.48. The van der Waals surface area contributed by atoms with Crippen LogP contribution in [0.4, 0.5) is 13.2 Å². The summed E-state index contributed by atoms with van der Waals surface area (Å²) in [4.78, 5) is 27.3. The van der Waals surface area contributed by atoms with Crippen molar-refractivity contribution in [2.24, 2.45) is 5.73 Å². The van der Waals surface area contributed by atoms with E-state index in [-0.39, 0.29) is 66.7 Å². The highest BCUT2D eigenvalue weighted by atomic mass is 32.2. The maximum atomic E-state index is 13.6. The molecule has 39 heavy (non-hydrogen) atoms. The van der Waals surface area contributed by atoms with E-state index in [2.05, 4.69) is 0 Å². The molecule has 0 atom stereocenters. The predicted octanol–water partition coefficient (Wildman–Crippen LogP) is 3.46. The highest BCUT2D eigenvalue weighted by Gasteiger charge is 2.34. The number of sulfonamides is 1. The largest absolute Gasteiger partial charge is 0.416 e. The fraction of sp³-hybridized carbons (Fsp3) is 0.333. The Morgan fingerprint density at radius 2 is 1.56 bits per heavy atom. The quantitative estimate of drug-likeness (QED) is 0.424. The molecule has 3 aromatic rings. The Bertz CT molecular complexity index is 1490. The summed E-state index contributed by atoms with van der Waals surface area (Å²) in [5, 5.41) is 0. The molecule has 208 valence electrons. The molecule has 0 radical (unpaired) electrons. The van der Waals surface area contributed by atoms with Gasteiger partial charge >= 0.3 is 6.18 Å². The van der Waals surface area contributed by atoms with Gasteiger partial charge in [-0.3, -0.25) is 14.5 Å². The van der Waals surface area contributed by atoms with E-state index in [0.29, 0.717) is 0 Å². The molecule has 12 heteroatoms. The van der Waals surface area contributed by atoms with E-state index in [1.54, 1.807) is 29.2 Å². The van der Waals surface area contributed by atoms with E-state index in [4.69, 9.17) is 5.73 Å². The van der Waals surface area contributed by atoms with Crippen molar-refractivity contribution in [2.75, 3.05) is 32.7 Å². The van der Waals surface area contributed by atoms with Crippen LogP contribution in [0.3, 0.4) is 0 Å². The monoisotopic (exact) mass is 562 g/mol. The van der Waals surface area contributed by atoms with Crippen molar-refractivity contribution in [3.63, 3.8) is 0 Å². The van der Waals surface area contributed by atoms with Crippen LogP contribution in [-0.4, -0.2) is 66.6 Å². The van der Waals surface area contributed by atoms with Crippen molar-refractivity contribution < 1.29 is 31.2 Å². The van der Waals surface area contributed by atoms with Crippen LogP contribution >= 0.6 is 0 Å². The van der Waals surface area contributed by atoms with Gasteiger partial charge < -0.3 is 10.3 Å². The maximum absolute atomic E-state index is 13.6. The lowest BCUT2D eigenvalue weighted by atomic mass is 10.1. The van der Waals surface area contributed by atoms with Crippen molar-refractivity contribution in [3.05, 3.63) is 88.2 Å². The topological polar surface area (TPSA) is 106 Å². The minimum Gasteiger partial charge on any atom is -0.366 e. The number of ketones is 1. The molecule has 0 aliphatic carbocycles. The minimum atomic E-state index is -4.59. The van der Waals surface area contributed by atoms with Gasteiger partial charge in [0, 0.05) is 38.4 Å². The smallest absolute Gasteiger partial charge is 0.366 e. The van der Waals surface area contributed by atoms with E-state index in [1.165, 1.54) is 40.1 Å². The Morgan fingerprint density at radius 1 is 0.949 bits per heavy atom. The fourth-order valence-corrected chi connectivity index (χ4v) is 6.13. The molecule has 1 aromatic heterocycles. The van der Waals surface area contributed by atoms with E-state index in [1.807, 2.05) is 6.92 Å². The zero-order valence-corrected chi connectivity index (χ0v) is 22.3. The van der Waals surface area contributed by atoms with Gasteiger partial charge in [-0.1, -0.05) is 35.9 Å². The van der Waals surface area contributed by atoms with Crippen LogP contribution in [0, 0.1) is 13.8 Å². The number of nitrogens with two attached hydrogens (primary N) is 1. The second-order valence-electron chi connectivity index (χ2n) is 9.55. The molecule has 0 bridgehead atoms. The van der Waals surface area contributed by atoms with Crippen molar-refractivity contribution in [1.29, 1.82) is 0 Å². The molecule has 0 unspecified atom stereocenters. The number of benzene rings is 2. The summed E-state index contributed by atoms with van der Waals surface area (Å²) in [5.41, 5.74) is 5.93. The maximum Gasteiger partial charge on any atom is 0.416 e. The number of Topliss-reactive ketones (excluding diaryl/α,β-unsaturated/α-hetero) is 1. The van der Waals surface area contributed by atoms with Crippen LogP contribution in [0.15, 0.2) is 59.5 Å². The number of piperazine rings is 1. The average molecular weight is 563 g/mol. The molecule has 1 aliphatic rings. The molecule has 4 rings (SSSR count). The zero-order chi connectivity index (χ0) is 28.5. The molecule has 0 saturated carbocycles. The van der Waals surface area contributed by atoms with Crippen LogP contribution in [0.5, 0.6) is 0 Å². The number of aromatic nitrogens is 1. The van der Waals surface area contributed by atoms with Crippen molar-refractivity contribution in [2.45, 2.75) is 31.5 Å². The molecule has 1 fully saturated rings. The summed E-state index contributed by atoms with van der Waals surface area (Å²) in [5.74, 6) is -1.20. The number of amides is 1. The average Bonchev–Trinajstić information content (AvgIpc) is 3.20. The Labute approximate surface area is 224 Å². The third-order valence-corrected chi connectivity index (χ3v) is 8.84. The lowest BCUT2D eigenvalue weighted by molar-refractivity contribution is -0.138. The van der Waals surface area contributed by atoms with Gasteiger partial charge in [0.25, 0.3) is 5.91 Å². The Kier molecular flexibility index (Phi) is 8.01. The van der Waals surface area contributed by atoms with E-state index in [0.717, 1.165) is 11.6 Å². The van der Waals surface area contributed by atoms with Gasteiger partial charge in [0.2, 0.25) is 10.0 Å². The van der Waals surface area contributed by atoms with E-state index in [9.17, 15) is 31.2 Å². The molecule has 1 amide bonds. The van der Waals surface area contributed by atoms with Crippen LogP contribution < -0.4 is 5.73 Å². The second-order valence-corrected chi connectivity index (χ2v) is 11.5. The first-order valence-corrected chi connectivity index (χ1v) is 13.7. The Morgan fingerprint density at radius 3 is 2.15 bits per heavy atom. The summed E-state index contributed by atoms with van der Waals surface area (Å²) in [6.45, 7) is 3.95. The first-order chi connectivity index (χ1) is 18.3. The first kappa shape index (κ1) is 28.5. The summed E-state index contributed by atoms with van der Waals surface area (Å²) in [7, 11) is -3.68. The summed E-state index contributed by atoms with van der Waals surface area (Å²) in [6.07, 6.45) is -4.59. The molecule has 0 spiro atoms. The molecule has 1 saturated heterocycles. The van der Waals surface area contributed by atoms with Crippen LogP contribution in [-0.2, 0) is 22.7 Å². The molecule has 2 N–H and O–H groups in total. The van der Waals surface area contributed by atoms with Gasteiger partial charge in [-0.05, 0) is 43.7 Å². The number of hydrogen-bond acceptors (Lipinski definition) is 5. The molecular weight excluding hydrogens is 533 g/mol. The van der Waals surface area contributed by atoms with E-state index < -0.39 is 33.5 Å².